The number of benzene rings is 1. The van der Waals surface area contributed by atoms with Crippen molar-refractivity contribution in [1.82, 2.24) is 0 Å². The van der Waals surface area contributed by atoms with E-state index in [2.05, 4.69) is 25.1 Å². The van der Waals surface area contributed by atoms with Gasteiger partial charge < -0.3 is 4.18 Å². The lowest BCUT2D eigenvalue weighted by molar-refractivity contribution is 0.358. The Morgan fingerprint density at radius 1 is 0.963 bits per heavy atom. The average molecular weight is 408 g/mol. The fraction of sp³-hybridized carbons (Fsp3) is 0.652. The van der Waals surface area contributed by atoms with Gasteiger partial charge in [-0.2, -0.15) is 16.6 Å². The summed E-state index contributed by atoms with van der Waals surface area (Å²) in [6.45, 7) is 6.99. The summed E-state index contributed by atoms with van der Waals surface area (Å²) < 4.78 is 6.59. The standard InChI is InChI=1S/C23H37NOS2/c1-4-5-6-7-8-9-10-11-12-16-19-25-27-22(26-23(2,3)20-24)21-17-14-13-15-18-21/h13-15,17-18,26H,4-12,16,19H2,1-3H3. The van der Waals surface area contributed by atoms with Crippen molar-refractivity contribution >= 4 is 27.6 Å². The first kappa shape index (κ1) is 24.3. The highest BCUT2D eigenvalue weighted by Gasteiger charge is 2.15. The van der Waals surface area contributed by atoms with Gasteiger partial charge >= 0.3 is 0 Å². The Morgan fingerprint density at radius 3 is 2.07 bits per heavy atom. The zero-order valence-electron chi connectivity index (χ0n) is 17.4. The van der Waals surface area contributed by atoms with E-state index in [0.29, 0.717) is 0 Å². The molecule has 0 bridgehead atoms. The number of rotatable bonds is 14. The highest BCUT2D eigenvalue weighted by molar-refractivity contribution is 8.25. The maximum absolute atomic E-state index is 9.34. The molecule has 1 aromatic rings. The molecule has 0 unspecified atom stereocenters. The quantitative estimate of drug-likeness (QED) is 0.150. The molecule has 0 heterocycles. The first-order valence-electron chi connectivity index (χ1n) is 10.4. The second-order valence-electron chi connectivity index (χ2n) is 7.54. The van der Waals surface area contributed by atoms with Crippen molar-refractivity contribution in [3.05, 3.63) is 35.9 Å². The SMILES string of the molecule is CCCCCCCCCCCCOSC(=[SH]C(C)(C)C#N)c1ccccc1. The van der Waals surface area contributed by atoms with Crippen LogP contribution >= 0.6 is 23.4 Å². The van der Waals surface area contributed by atoms with E-state index in [1.165, 1.54) is 69.8 Å². The van der Waals surface area contributed by atoms with Crippen molar-refractivity contribution in [3.63, 3.8) is 0 Å². The van der Waals surface area contributed by atoms with Crippen LogP contribution in [0.25, 0.3) is 0 Å². The molecule has 0 spiro atoms. The van der Waals surface area contributed by atoms with Crippen LogP contribution in [-0.2, 0) is 4.18 Å². The van der Waals surface area contributed by atoms with Gasteiger partial charge in [-0.3, -0.25) is 0 Å². The van der Waals surface area contributed by atoms with Gasteiger partial charge in [0, 0.05) is 12.0 Å². The zero-order valence-corrected chi connectivity index (χ0v) is 19.1. The largest absolute Gasteiger partial charge is 0.310 e. The molecule has 0 aliphatic heterocycles. The molecule has 0 aliphatic rings. The zero-order chi connectivity index (χ0) is 19.8. The second-order valence-corrected chi connectivity index (χ2v) is 10.4. The molecule has 0 radical (unpaired) electrons. The van der Waals surface area contributed by atoms with Crippen LogP contribution in [0, 0.1) is 11.3 Å². The summed E-state index contributed by atoms with van der Waals surface area (Å²) in [5.74, 6) is 0. The summed E-state index contributed by atoms with van der Waals surface area (Å²) in [6, 6.07) is 12.7. The third kappa shape index (κ3) is 12.3. The second kappa shape index (κ2) is 15.2. The summed E-state index contributed by atoms with van der Waals surface area (Å²) >= 11 is 2.45. The van der Waals surface area contributed by atoms with Gasteiger partial charge in [-0.05, 0) is 25.8 Å². The van der Waals surface area contributed by atoms with E-state index in [-0.39, 0.29) is 0 Å². The van der Waals surface area contributed by atoms with Crippen LogP contribution in [0.1, 0.15) is 90.5 Å². The predicted octanol–water partition coefficient (Wildman–Crippen LogP) is 7.52. The minimum atomic E-state index is -0.404. The fourth-order valence-corrected chi connectivity index (χ4v) is 5.11. The van der Waals surface area contributed by atoms with Gasteiger partial charge in [0.1, 0.15) is 0 Å². The van der Waals surface area contributed by atoms with E-state index in [1.807, 2.05) is 32.0 Å². The number of thiol groups is 1. The Balaban J connectivity index is 2.23. The fourth-order valence-electron chi connectivity index (χ4n) is 2.74. The molecule has 0 aromatic heterocycles. The first-order valence-corrected chi connectivity index (χ1v) is 12.1. The molecular formula is C23H37NOS2. The highest BCUT2D eigenvalue weighted by atomic mass is 32.2. The lowest BCUT2D eigenvalue weighted by Crippen LogP contribution is -2.10. The molecule has 0 saturated heterocycles. The molecule has 1 rings (SSSR count). The maximum atomic E-state index is 9.34. The van der Waals surface area contributed by atoms with E-state index >= 15 is 0 Å². The van der Waals surface area contributed by atoms with Gasteiger partial charge in [-0.25, -0.2) is 0 Å². The van der Waals surface area contributed by atoms with Crippen LogP contribution in [0.3, 0.4) is 0 Å². The van der Waals surface area contributed by atoms with Crippen LogP contribution in [0.2, 0.25) is 0 Å². The summed E-state index contributed by atoms with van der Waals surface area (Å²) in [5, 5.41) is 9.34. The smallest absolute Gasteiger partial charge is 0.0905 e. The lowest BCUT2D eigenvalue weighted by Gasteiger charge is -2.14. The molecule has 0 atom stereocenters. The maximum Gasteiger partial charge on any atom is 0.0905 e. The van der Waals surface area contributed by atoms with Gasteiger partial charge in [-0.1, -0.05) is 95.0 Å². The van der Waals surface area contributed by atoms with E-state index in [4.69, 9.17) is 4.18 Å². The van der Waals surface area contributed by atoms with Crippen molar-refractivity contribution < 1.29 is 4.18 Å². The molecule has 152 valence electrons. The van der Waals surface area contributed by atoms with Crippen LogP contribution in [-0.4, -0.2) is 15.6 Å². The van der Waals surface area contributed by atoms with Crippen molar-refractivity contribution in [2.24, 2.45) is 0 Å². The van der Waals surface area contributed by atoms with Crippen LogP contribution in [0.4, 0.5) is 0 Å². The summed E-state index contributed by atoms with van der Waals surface area (Å²) in [4.78, 5) is 0. The normalized spacial score (nSPS) is 12.4. The molecule has 2 nitrogen and oxygen atoms in total. The number of unbranched alkanes of at least 4 members (excludes halogenated alkanes) is 9. The average Bonchev–Trinajstić information content (AvgIpc) is 2.68. The molecule has 4 heteroatoms. The molecule has 0 N–H and O–H groups in total. The van der Waals surface area contributed by atoms with Gasteiger partial charge in [0.15, 0.2) is 0 Å². The van der Waals surface area contributed by atoms with Crippen LogP contribution in [0.5, 0.6) is 0 Å². The Bertz CT molecular complexity index is 563. The topological polar surface area (TPSA) is 33.0 Å². The van der Waals surface area contributed by atoms with E-state index < -0.39 is 4.75 Å². The third-order valence-corrected chi connectivity index (χ3v) is 6.69. The van der Waals surface area contributed by atoms with Crippen molar-refractivity contribution in [2.45, 2.75) is 89.7 Å². The van der Waals surface area contributed by atoms with Gasteiger partial charge in [0.2, 0.25) is 0 Å². The number of hydrogen-bond donors (Lipinski definition) is 1. The minimum absolute atomic E-state index is 0.404. The lowest BCUT2D eigenvalue weighted by atomic mass is 10.1. The molecule has 0 amide bonds. The van der Waals surface area contributed by atoms with Gasteiger partial charge in [-0.15, -0.1) is 0 Å². The van der Waals surface area contributed by atoms with Crippen LogP contribution < -0.4 is 0 Å². The van der Waals surface area contributed by atoms with Crippen LogP contribution in [0.15, 0.2) is 30.3 Å². The Morgan fingerprint density at radius 2 is 1.52 bits per heavy atom. The van der Waals surface area contributed by atoms with Crippen molar-refractivity contribution in [1.29, 1.82) is 5.26 Å². The molecule has 27 heavy (non-hydrogen) atoms. The number of nitriles is 1. The predicted molar refractivity (Wildman–Crippen MR) is 125 cm³/mol. The molecular weight excluding hydrogens is 370 g/mol. The van der Waals surface area contributed by atoms with E-state index in [1.54, 1.807) is 0 Å². The van der Waals surface area contributed by atoms with Gasteiger partial charge in [0.05, 0.1) is 21.6 Å². The third-order valence-electron chi connectivity index (χ3n) is 4.39. The molecule has 0 fully saturated rings. The Hall–Kier alpha value is -0.760. The summed E-state index contributed by atoms with van der Waals surface area (Å²) in [7, 11) is 0. The van der Waals surface area contributed by atoms with E-state index in [9.17, 15) is 5.26 Å². The Kier molecular flexibility index (Phi) is 13.7. The van der Waals surface area contributed by atoms with Gasteiger partial charge in [0.25, 0.3) is 0 Å². The Labute approximate surface area is 175 Å². The van der Waals surface area contributed by atoms with Crippen molar-refractivity contribution in [2.75, 3.05) is 6.61 Å². The first-order chi connectivity index (χ1) is 13.1. The number of nitrogens with zero attached hydrogens (tertiary/aromatic N) is 1. The highest BCUT2D eigenvalue weighted by Crippen LogP contribution is 2.26. The minimum Gasteiger partial charge on any atom is -0.310 e. The van der Waals surface area contributed by atoms with Crippen molar-refractivity contribution in [3.8, 4) is 6.07 Å². The summed E-state index contributed by atoms with van der Waals surface area (Å²) in [5.41, 5.74) is 1.15. The number of hydrogen-bond acceptors (Lipinski definition) is 3. The summed E-state index contributed by atoms with van der Waals surface area (Å²) in [6.07, 6.45) is 13.3. The van der Waals surface area contributed by atoms with E-state index in [0.717, 1.165) is 34.1 Å². The molecule has 0 aliphatic carbocycles. The molecule has 0 saturated carbocycles. The molecule has 1 aromatic carbocycles. The monoisotopic (exact) mass is 407 g/mol.